The average Bonchev–Trinajstić information content (AvgIpc) is 2.88. The minimum Gasteiger partial charge on any atom is -0.484 e. The highest BCUT2D eigenvalue weighted by Crippen LogP contribution is 2.13. The number of carbonyl (C=O) groups is 3. The molecule has 0 bridgehead atoms. The summed E-state index contributed by atoms with van der Waals surface area (Å²) in [6.07, 6.45) is -0.906. The Morgan fingerprint density at radius 2 is 1.82 bits per heavy atom. The molecular weight excluding hydrogens is 371 g/mol. The molecule has 0 aliphatic carbocycles. The van der Waals surface area contributed by atoms with Crippen LogP contribution in [0.25, 0.3) is 0 Å². The fourth-order valence-electron chi connectivity index (χ4n) is 3.21. The number of urea groups is 1. The highest BCUT2D eigenvalue weighted by Gasteiger charge is 2.36. The molecule has 2 fully saturated rings. The SMILES string of the molecule is CN1CC(C(=O)N2CCN(C(=O)COc3ccc(F)cc3)CC(O)C2)NC1=O. The predicted octanol–water partition coefficient (Wildman–Crippen LogP) is -0.740. The number of nitrogens with one attached hydrogen (secondary N) is 1. The number of hydrogen-bond donors (Lipinski definition) is 2. The van der Waals surface area contributed by atoms with E-state index in [1.807, 2.05) is 0 Å². The first kappa shape index (κ1) is 19.9. The van der Waals surface area contributed by atoms with Crippen molar-refractivity contribution >= 4 is 17.8 Å². The molecule has 3 rings (SSSR count). The highest BCUT2D eigenvalue weighted by atomic mass is 19.1. The third kappa shape index (κ3) is 4.69. The molecule has 0 saturated carbocycles. The van der Waals surface area contributed by atoms with Gasteiger partial charge in [-0.15, -0.1) is 0 Å². The van der Waals surface area contributed by atoms with Crippen LogP contribution in [0.15, 0.2) is 24.3 Å². The molecule has 2 heterocycles. The Bertz CT molecular complexity index is 744. The maximum atomic E-state index is 12.9. The summed E-state index contributed by atoms with van der Waals surface area (Å²) in [4.78, 5) is 40.9. The van der Waals surface area contributed by atoms with Crippen molar-refractivity contribution in [2.75, 3.05) is 46.4 Å². The van der Waals surface area contributed by atoms with Gasteiger partial charge >= 0.3 is 6.03 Å². The second-order valence-electron chi connectivity index (χ2n) is 6.90. The van der Waals surface area contributed by atoms with E-state index in [9.17, 15) is 23.9 Å². The molecule has 2 N–H and O–H groups in total. The van der Waals surface area contributed by atoms with E-state index >= 15 is 0 Å². The van der Waals surface area contributed by atoms with Crippen molar-refractivity contribution < 1.29 is 28.6 Å². The predicted molar refractivity (Wildman–Crippen MR) is 96.0 cm³/mol. The lowest BCUT2D eigenvalue weighted by Gasteiger charge is -2.24. The molecule has 0 radical (unpaired) electrons. The topological polar surface area (TPSA) is 102 Å². The third-order valence-corrected chi connectivity index (χ3v) is 4.74. The van der Waals surface area contributed by atoms with E-state index in [1.165, 1.54) is 39.0 Å². The van der Waals surface area contributed by atoms with Crippen molar-refractivity contribution in [2.45, 2.75) is 12.1 Å². The number of rotatable bonds is 4. The Hall–Kier alpha value is -2.88. The van der Waals surface area contributed by atoms with Crippen molar-refractivity contribution in [1.29, 1.82) is 0 Å². The van der Waals surface area contributed by atoms with E-state index in [0.29, 0.717) is 5.75 Å². The number of halogens is 1. The summed E-state index contributed by atoms with van der Waals surface area (Å²) in [7, 11) is 1.60. The maximum Gasteiger partial charge on any atom is 0.317 e. The minimum absolute atomic E-state index is 0.0757. The molecule has 10 heteroatoms. The van der Waals surface area contributed by atoms with Crippen molar-refractivity contribution in [3.63, 3.8) is 0 Å². The number of ether oxygens (including phenoxy) is 1. The van der Waals surface area contributed by atoms with Crippen molar-refractivity contribution in [1.82, 2.24) is 20.0 Å². The molecule has 4 amide bonds. The molecule has 2 saturated heterocycles. The normalized spacial score (nSPS) is 22.7. The molecule has 1 aromatic carbocycles. The molecule has 2 unspecified atom stereocenters. The van der Waals surface area contributed by atoms with Crippen molar-refractivity contribution in [3.05, 3.63) is 30.1 Å². The second kappa shape index (κ2) is 8.42. The Morgan fingerprint density at radius 3 is 2.46 bits per heavy atom. The van der Waals surface area contributed by atoms with Crippen LogP contribution < -0.4 is 10.1 Å². The highest BCUT2D eigenvalue weighted by molar-refractivity contribution is 5.90. The monoisotopic (exact) mass is 394 g/mol. The molecule has 2 aliphatic heterocycles. The maximum absolute atomic E-state index is 12.9. The van der Waals surface area contributed by atoms with Gasteiger partial charge in [-0.25, -0.2) is 9.18 Å². The summed E-state index contributed by atoms with van der Waals surface area (Å²) in [6, 6.07) is 4.34. The zero-order chi connectivity index (χ0) is 20.3. The number of aliphatic hydroxyl groups is 1. The number of nitrogens with zero attached hydrogens (tertiary/aromatic N) is 3. The van der Waals surface area contributed by atoms with E-state index in [-0.39, 0.29) is 57.2 Å². The standard InChI is InChI=1S/C18H23FN4O5/c1-21-10-15(20-18(21)27)17(26)23-7-6-22(8-13(24)9-23)16(25)11-28-14-4-2-12(19)3-5-14/h2-5,13,15,24H,6-11H2,1H3,(H,20,27). The Morgan fingerprint density at radius 1 is 1.18 bits per heavy atom. The van der Waals surface area contributed by atoms with Gasteiger partial charge in [0.25, 0.3) is 5.91 Å². The largest absolute Gasteiger partial charge is 0.484 e. The molecule has 152 valence electrons. The first-order valence-corrected chi connectivity index (χ1v) is 8.98. The van der Waals surface area contributed by atoms with Gasteiger partial charge in [-0.2, -0.15) is 0 Å². The van der Waals surface area contributed by atoms with Gasteiger partial charge in [0, 0.05) is 33.2 Å². The fraction of sp³-hybridized carbons (Fsp3) is 0.500. The van der Waals surface area contributed by atoms with Crippen LogP contribution in [-0.4, -0.2) is 96.2 Å². The summed E-state index contributed by atoms with van der Waals surface area (Å²) in [5.41, 5.74) is 0. The summed E-state index contributed by atoms with van der Waals surface area (Å²) >= 11 is 0. The Kier molecular flexibility index (Phi) is 5.98. The quantitative estimate of drug-likeness (QED) is 0.700. The summed E-state index contributed by atoms with van der Waals surface area (Å²) in [5.74, 6) is -0.660. The molecule has 28 heavy (non-hydrogen) atoms. The Labute approximate surface area is 161 Å². The van der Waals surface area contributed by atoms with Crippen molar-refractivity contribution in [2.24, 2.45) is 0 Å². The first-order chi connectivity index (χ1) is 13.3. The number of hydrogen-bond acceptors (Lipinski definition) is 5. The summed E-state index contributed by atoms with van der Waals surface area (Å²) < 4.78 is 18.3. The van der Waals surface area contributed by atoms with Crippen LogP contribution in [0.1, 0.15) is 0 Å². The molecule has 2 aliphatic rings. The van der Waals surface area contributed by atoms with Crippen LogP contribution >= 0.6 is 0 Å². The molecule has 0 spiro atoms. The number of carbonyl (C=O) groups excluding carboxylic acids is 3. The summed E-state index contributed by atoms with van der Waals surface area (Å²) in [6.45, 7) is 0.650. The fourth-order valence-corrected chi connectivity index (χ4v) is 3.21. The van der Waals surface area contributed by atoms with Crippen LogP contribution in [0.4, 0.5) is 9.18 Å². The summed E-state index contributed by atoms with van der Waals surface area (Å²) in [5, 5.41) is 12.8. The van der Waals surface area contributed by atoms with E-state index in [0.717, 1.165) is 0 Å². The van der Waals surface area contributed by atoms with Gasteiger partial charge in [0.05, 0.1) is 12.6 Å². The zero-order valence-electron chi connectivity index (χ0n) is 15.5. The number of amides is 4. The van der Waals surface area contributed by atoms with Crippen LogP contribution in [0.3, 0.4) is 0 Å². The van der Waals surface area contributed by atoms with Gasteiger partial charge in [-0.3, -0.25) is 9.59 Å². The van der Waals surface area contributed by atoms with Gasteiger partial charge in [0.15, 0.2) is 6.61 Å². The van der Waals surface area contributed by atoms with Gasteiger partial charge < -0.3 is 29.9 Å². The first-order valence-electron chi connectivity index (χ1n) is 8.98. The van der Waals surface area contributed by atoms with Crippen LogP contribution in [0.2, 0.25) is 0 Å². The number of likely N-dealkylation sites (N-methyl/N-ethyl adjacent to an activating group) is 1. The Balaban J connectivity index is 1.54. The zero-order valence-corrected chi connectivity index (χ0v) is 15.5. The van der Waals surface area contributed by atoms with E-state index < -0.39 is 18.0 Å². The van der Waals surface area contributed by atoms with Gasteiger partial charge in [0.1, 0.15) is 17.6 Å². The minimum atomic E-state index is -0.906. The molecule has 2 atom stereocenters. The lowest BCUT2D eigenvalue weighted by molar-refractivity contribution is -0.135. The molecule has 1 aromatic rings. The molecule has 0 aromatic heterocycles. The van der Waals surface area contributed by atoms with Gasteiger partial charge in [0.2, 0.25) is 5.91 Å². The smallest absolute Gasteiger partial charge is 0.317 e. The average molecular weight is 394 g/mol. The van der Waals surface area contributed by atoms with E-state index in [4.69, 9.17) is 4.74 Å². The third-order valence-electron chi connectivity index (χ3n) is 4.74. The van der Waals surface area contributed by atoms with Crippen LogP contribution in [0, 0.1) is 5.82 Å². The molecular formula is C18H23FN4O5. The number of β-amino-alcohol motifs (C(OH)–C–C–N with tert-alkyl or cyclic N) is 1. The van der Waals surface area contributed by atoms with Gasteiger partial charge in [-0.05, 0) is 24.3 Å². The van der Waals surface area contributed by atoms with E-state index in [1.54, 1.807) is 7.05 Å². The van der Waals surface area contributed by atoms with Crippen LogP contribution in [-0.2, 0) is 9.59 Å². The van der Waals surface area contributed by atoms with Gasteiger partial charge in [-0.1, -0.05) is 0 Å². The lowest BCUT2D eigenvalue weighted by atomic mass is 10.2. The second-order valence-corrected chi connectivity index (χ2v) is 6.90. The van der Waals surface area contributed by atoms with Crippen LogP contribution in [0.5, 0.6) is 5.75 Å². The van der Waals surface area contributed by atoms with E-state index in [2.05, 4.69) is 5.32 Å². The number of benzene rings is 1. The lowest BCUT2D eigenvalue weighted by Crippen LogP contribution is -2.48. The number of aliphatic hydroxyl groups excluding tert-OH is 1. The molecule has 9 nitrogen and oxygen atoms in total. The van der Waals surface area contributed by atoms with Crippen molar-refractivity contribution in [3.8, 4) is 5.75 Å².